The highest BCUT2D eigenvalue weighted by Crippen LogP contribution is 2.24. The summed E-state index contributed by atoms with van der Waals surface area (Å²) in [5.74, 6) is -0.281. The van der Waals surface area contributed by atoms with Gasteiger partial charge in [-0.1, -0.05) is 30.3 Å². The normalized spacial score (nSPS) is 23.3. The van der Waals surface area contributed by atoms with Gasteiger partial charge in [-0.25, -0.2) is 4.79 Å². The second kappa shape index (κ2) is 11.0. The minimum atomic E-state index is -0.686. The molecule has 2 heterocycles. The van der Waals surface area contributed by atoms with Gasteiger partial charge < -0.3 is 10.1 Å². The number of nitrogens with zero attached hydrogens (tertiary/aromatic N) is 1. The van der Waals surface area contributed by atoms with E-state index in [4.69, 9.17) is 9.57 Å². The van der Waals surface area contributed by atoms with Gasteiger partial charge in [-0.05, 0) is 65.1 Å². The van der Waals surface area contributed by atoms with Crippen molar-refractivity contribution in [2.24, 2.45) is 0 Å². The number of amides is 2. The Morgan fingerprint density at radius 3 is 2.48 bits per heavy atom. The monoisotopic (exact) mass is 432 g/mol. The summed E-state index contributed by atoms with van der Waals surface area (Å²) in [7, 11) is 0. The fourth-order valence-corrected chi connectivity index (χ4v) is 4.22. The number of rotatable bonds is 6. The summed E-state index contributed by atoms with van der Waals surface area (Å²) in [6.07, 6.45) is 2.73. The van der Waals surface area contributed by atoms with E-state index in [0.717, 1.165) is 37.9 Å². The van der Waals surface area contributed by atoms with Crippen LogP contribution in [0.2, 0.25) is 0 Å². The van der Waals surface area contributed by atoms with Crippen LogP contribution < -0.4 is 16.1 Å². The molecule has 1 aromatic carbocycles. The van der Waals surface area contributed by atoms with Crippen molar-refractivity contribution in [1.29, 1.82) is 0 Å². The third-order valence-electron chi connectivity index (χ3n) is 5.66. The Hall–Kier alpha value is -2.00. The lowest BCUT2D eigenvalue weighted by molar-refractivity contribution is -0.130. The van der Waals surface area contributed by atoms with Crippen LogP contribution in [0.5, 0.6) is 0 Å². The Morgan fingerprint density at radius 1 is 1.10 bits per heavy atom. The van der Waals surface area contributed by atoms with E-state index in [1.807, 2.05) is 30.3 Å². The summed E-state index contributed by atoms with van der Waals surface area (Å²) in [6, 6.07) is 10.1. The van der Waals surface area contributed by atoms with Crippen LogP contribution in [0.25, 0.3) is 0 Å². The van der Waals surface area contributed by atoms with Gasteiger partial charge in [0.15, 0.2) is 0 Å². The Labute approximate surface area is 185 Å². The second-order valence-corrected chi connectivity index (χ2v) is 9.35. The van der Waals surface area contributed by atoms with Crippen LogP contribution in [0.4, 0.5) is 4.79 Å². The van der Waals surface area contributed by atoms with Gasteiger partial charge in [0.2, 0.25) is 5.91 Å². The predicted octanol–water partition coefficient (Wildman–Crippen LogP) is 2.34. The van der Waals surface area contributed by atoms with Gasteiger partial charge in [-0.2, -0.15) is 5.48 Å². The van der Waals surface area contributed by atoms with Crippen molar-refractivity contribution < 1.29 is 19.2 Å². The van der Waals surface area contributed by atoms with Crippen LogP contribution in [-0.2, 0) is 21.0 Å². The molecule has 0 unspecified atom stereocenters. The molecule has 0 aromatic heterocycles. The molecule has 0 bridgehead atoms. The number of benzene rings is 1. The average Bonchev–Trinajstić information content (AvgIpc) is 2.73. The van der Waals surface area contributed by atoms with Crippen LogP contribution in [0.3, 0.4) is 0 Å². The maximum atomic E-state index is 12.9. The van der Waals surface area contributed by atoms with E-state index in [2.05, 4.69) is 21.0 Å². The quantitative estimate of drug-likeness (QED) is 0.594. The lowest BCUT2D eigenvalue weighted by Crippen LogP contribution is -2.60. The van der Waals surface area contributed by atoms with E-state index in [1.165, 1.54) is 0 Å². The van der Waals surface area contributed by atoms with Crippen molar-refractivity contribution in [3.05, 3.63) is 35.9 Å². The SMILES string of the molecule is CC(C)(C)OC(=O)NC(=O)[C@@H]1CC[C@@H](NOCc2ccccc2)CN1C1CCNCC1. The number of nitrogens with one attached hydrogen (secondary N) is 3. The van der Waals surface area contributed by atoms with Gasteiger partial charge >= 0.3 is 6.09 Å². The highest BCUT2D eigenvalue weighted by molar-refractivity contribution is 5.95. The molecular formula is C23H36N4O4. The molecule has 8 heteroatoms. The van der Waals surface area contributed by atoms with Crippen LogP contribution in [0, 0.1) is 0 Å². The Kier molecular flexibility index (Phi) is 8.43. The standard InChI is InChI=1S/C23H36N4O4/c1-23(2,3)31-22(29)25-21(28)20-10-9-18(15-27(20)19-11-13-24-14-12-19)26-30-16-17-7-5-4-6-8-17/h4-8,18-20,24,26H,9-16H2,1-3H3,(H,25,28,29)/t18-,20+/m1/s1. The molecule has 172 valence electrons. The minimum absolute atomic E-state index is 0.129. The number of imide groups is 1. The van der Waals surface area contributed by atoms with Crippen molar-refractivity contribution in [2.75, 3.05) is 19.6 Å². The molecule has 2 aliphatic heterocycles. The highest BCUT2D eigenvalue weighted by atomic mass is 16.6. The van der Waals surface area contributed by atoms with E-state index in [9.17, 15) is 9.59 Å². The topological polar surface area (TPSA) is 91.9 Å². The average molecular weight is 433 g/mol. The molecule has 2 fully saturated rings. The third-order valence-corrected chi connectivity index (χ3v) is 5.66. The third kappa shape index (κ3) is 7.57. The number of likely N-dealkylation sites (tertiary alicyclic amines) is 1. The molecule has 0 aliphatic carbocycles. The van der Waals surface area contributed by atoms with Crippen LogP contribution in [0.1, 0.15) is 52.0 Å². The number of carbonyl (C=O) groups is 2. The van der Waals surface area contributed by atoms with Crippen LogP contribution in [0.15, 0.2) is 30.3 Å². The summed E-state index contributed by atoms with van der Waals surface area (Å²) >= 11 is 0. The Balaban J connectivity index is 1.57. The number of carbonyl (C=O) groups excluding carboxylic acids is 2. The lowest BCUT2D eigenvalue weighted by Gasteiger charge is -2.44. The van der Waals surface area contributed by atoms with Crippen molar-refractivity contribution in [3.63, 3.8) is 0 Å². The molecule has 2 amide bonds. The lowest BCUT2D eigenvalue weighted by atomic mass is 9.93. The fourth-order valence-electron chi connectivity index (χ4n) is 4.22. The molecule has 8 nitrogen and oxygen atoms in total. The van der Waals surface area contributed by atoms with Gasteiger partial charge in [0.05, 0.1) is 12.6 Å². The minimum Gasteiger partial charge on any atom is -0.444 e. The molecule has 2 aliphatic rings. The number of ether oxygens (including phenoxy) is 1. The number of piperidine rings is 2. The smallest absolute Gasteiger partial charge is 0.414 e. The molecule has 0 spiro atoms. The van der Waals surface area contributed by atoms with E-state index >= 15 is 0 Å². The first-order valence-electron chi connectivity index (χ1n) is 11.2. The van der Waals surface area contributed by atoms with E-state index in [1.54, 1.807) is 20.8 Å². The molecule has 2 saturated heterocycles. The molecule has 3 N–H and O–H groups in total. The zero-order chi connectivity index (χ0) is 22.3. The van der Waals surface area contributed by atoms with Gasteiger partial charge in [0, 0.05) is 18.6 Å². The van der Waals surface area contributed by atoms with Gasteiger partial charge in [0.1, 0.15) is 5.60 Å². The first-order chi connectivity index (χ1) is 14.8. The molecule has 0 saturated carbocycles. The summed E-state index contributed by atoms with van der Waals surface area (Å²) < 4.78 is 5.26. The number of hydrogen-bond donors (Lipinski definition) is 3. The number of alkyl carbamates (subject to hydrolysis) is 1. The van der Waals surface area contributed by atoms with E-state index in [0.29, 0.717) is 25.6 Å². The first-order valence-corrected chi connectivity index (χ1v) is 11.2. The van der Waals surface area contributed by atoms with Crippen LogP contribution in [-0.4, -0.2) is 60.3 Å². The zero-order valence-corrected chi connectivity index (χ0v) is 18.9. The van der Waals surface area contributed by atoms with Crippen molar-refractivity contribution in [3.8, 4) is 0 Å². The van der Waals surface area contributed by atoms with Crippen molar-refractivity contribution >= 4 is 12.0 Å². The van der Waals surface area contributed by atoms with Gasteiger partial charge in [-0.15, -0.1) is 0 Å². The molecule has 1 aromatic rings. The van der Waals surface area contributed by atoms with Crippen molar-refractivity contribution in [2.45, 2.75) is 76.8 Å². The molecule has 31 heavy (non-hydrogen) atoms. The van der Waals surface area contributed by atoms with Gasteiger partial charge in [-0.3, -0.25) is 19.8 Å². The van der Waals surface area contributed by atoms with Crippen molar-refractivity contribution in [1.82, 2.24) is 21.0 Å². The largest absolute Gasteiger partial charge is 0.444 e. The van der Waals surface area contributed by atoms with Gasteiger partial charge in [0.25, 0.3) is 0 Å². The summed E-state index contributed by atoms with van der Waals surface area (Å²) in [4.78, 5) is 33.0. The Bertz CT molecular complexity index is 716. The molecule has 0 radical (unpaired) electrons. The fraction of sp³-hybridized carbons (Fsp3) is 0.652. The number of hydrogen-bond acceptors (Lipinski definition) is 7. The number of hydroxylamine groups is 1. The Morgan fingerprint density at radius 2 is 1.81 bits per heavy atom. The maximum absolute atomic E-state index is 12.9. The summed E-state index contributed by atoms with van der Waals surface area (Å²) in [5, 5.41) is 5.82. The summed E-state index contributed by atoms with van der Waals surface area (Å²) in [5.41, 5.74) is 3.65. The zero-order valence-electron chi connectivity index (χ0n) is 18.9. The van der Waals surface area contributed by atoms with Crippen LogP contribution >= 0.6 is 0 Å². The molecule has 2 atom stereocenters. The second-order valence-electron chi connectivity index (χ2n) is 9.35. The highest BCUT2D eigenvalue weighted by Gasteiger charge is 2.38. The van der Waals surface area contributed by atoms with E-state index < -0.39 is 11.7 Å². The summed E-state index contributed by atoms with van der Waals surface area (Å²) in [6.45, 7) is 8.41. The molecular weight excluding hydrogens is 396 g/mol. The van der Waals surface area contributed by atoms with E-state index in [-0.39, 0.29) is 18.0 Å². The maximum Gasteiger partial charge on any atom is 0.414 e. The first kappa shape index (κ1) is 23.7. The molecule has 3 rings (SSSR count). The predicted molar refractivity (Wildman–Crippen MR) is 118 cm³/mol.